The van der Waals surface area contributed by atoms with Crippen molar-refractivity contribution in [2.45, 2.75) is 63.4 Å². The second kappa shape index (κ2) is 9.90. The van der Waals surface area contributed by atoms with Crippen LogP contribution in [0.1, 0.15) is 68.4 Å². The minimum atomic E-state index is -0.483. The van der Waals surface area contributed by atoms with Crippen LogP contribution in [0.4, 0.5) is 0 Å². The highest BCUT2D eigenvalue weighted by Crippen LogP contribution is 2.47. The summed E-state index contributed by atoms with van der Waals surface area (Å²) in [5, 5.41) is 4.03. The lowest BCUT2D eigenvalue weighted by Gasteiger charge is -2.37. The molecule has 0 bridgehead atoms. The van der Waals surface area contributed by atoms with Gasteiger partial charge >= 0.3 is 5.97 Å². The summed E-state index contributed by atoms with van der Waals surface area (Å²) in [4.78, 5) is 27.2. The molecule has 6 heteroatoms. The van der Waals surface area contributed by atoms with Crippen molar-refractivity contribution in [2.75, 3.05) is 7.11 Å². The summed E-state index contributed by atoms with van der Waals surface area (Å²) in [7, 11) is 1.65. The Morgan fingerprint density at radius 3 is 2.46 bits per heavy atom. The molecule has 0 spiro atoms. The number of ketones is 1. The van der Waals surface area contributed by atoms with Gasteiger partial charge in [-0.2, -0.15) is 0 Å². The predicted octanol–water partition coefficient (Wildman–Crippen LogP) is 6.20. The molecule has 2 aromatic rings. The quantitative estimate of drug-likeness (QED) is 0.505. The van der Waals surface area contributed by atoms with Gasteiger partial charge in [0.1, 0.15) is 11.9 Å². The van der Waals surface area contributed by atoms with Crippen LogP contribution < -0.4 is 10.1 Å². The summed E-state index contributed by atoms with van der Waals surface area (Å²) in [6, 6.07) is 15.3. The van der Waals surface area contributed by atoms with Gasteiger partial charge in [-0.15, -0.1) is 0 Å². The van der Waals surface area contributed by atoms with Gasteiger partial charge in [-0.1, -0.05) is 41.9 Å². The smallest absolute Gasteiger partial charge is 0.337 e. The fourth-order valence-corrected chi connectivity index (χ4v) is 5.87. The van der Waals surface area contributed by atoms with Crippen molar-refractivity contribution in [1.29, 1.82) is 0 Å². The molecule has 5 nitrogen and oxygen atoms in total. The standard InChI is InChI=1S/C29H30ClNO4/c1-17-26(29(33)35-21-7-3-4-8-21)27(18-11-13-20(30)14-12-18)28-23(31-17)15-19(16-24(28)32)22-9-5-6-10-25(22)34-2/h5-6,9-14,19,21,27,31H,3-4,7-8,15-16H2,1-2H3. The Balaban J connectivity index is 1.54. The first-order valence-electron chi connectivity index (χ1n) is 12.3. The first kappa shape index (κ1) is 23.7. The molecule has 1 N–H and O–H groups in total. The van der Waals surface area contributed by atoms with Crippen LogP contribution in [0.15, 0.2) is 71.1 Å². The van der Waals surface area contributed by atoms with Gasteiger partial charge in [0.25, 0.3) is 0 Å². The molecule has 2 atom stereocenters. The van der Waals surface area contributed by atoms with Gasteiger partial charge in [0.2, 0.25) is 0 Å². The van der Waals surface area contributed by atoms with E-state index in [0.29, 0.717) is 29.0 Å². The van der Waals surface area contributed by atoms with E-state index in [9.17, 15) is 9.59 Å². The number of carbonyl (C=O) groups is 2. The van der Waals surface area contributed by atoms with Crippen LogP contribution in [0.25, 0.3) is 0 Å². The van der Waals surface area contributed by atoms with E-state index in [0.717, 1.165) is 54.0 Å². The Hall–Kier alpha value is -3.05. The van der Waals surface area contributed by atoms with Crippen LogP contribution in [0.5, 0.6) is 5.75 Å². The molecule has 1 fully saturated rings. The molecule has 0 amide bonds. The molecular weight excluding hydrogens is 462 g/mol. The van der Waals surface area contributed by atoms with E-state index >= 15 is 0 Å². The molecule has 2 unspecified atom stereocenters. The highest BCUT2D eigenvalue weighted by molar-refractivity contribution is 6.30. The van der Waals surface area contributed by atoms with Crippen molar-refractivity contribution in [2.24, 2.45) is 0 Å². The van der Waals surface area contributed by atoms with Crippen molar-refractivity contribution >= 4 is 23.4 Å². The lowest BCUT2D eigenvalue weighted by atomic mass is 9.71. The molecule has 0 saturated heterocycles. The van der Waals surface area contributed by atoms with Gasteiger partial charge in [0.15, 0.2) is 5.78 Å². The molecule has 0 aromatic heterocycles. The number of para-hydroxylation sites is 1. The predicted molar refractivity (Wildman–Crippen MR) is 135 cm³/mol. The summed E-state index contributed by atoms with van der Waals surface area (Å²) in [6.07, 6.45) is 4.90. The fraction of sp³-hybridized carbons (Fsp3) is 0.379. The maximum Gasteiger partial charge on any atom is 0.337 e. The summed E-state index contributed by atoms with van der Waals surface area (Å²) in [5.74, 6) is -0.00655. The van der Waals surface area contributed by atoms with E-state index in [2.05, 4.69) is 5.32 Å². The maximum atomic E-state index is 13.7. The van der Waals surface area contributed by atoms with E-state index in [-0.39, 0.29) is 23.8 Å². The molecule has 5 rings (SSSR count). The van der Waals surface area contributed by atoms with Gasteiger partial charge in [-0.25, -0.2) is 4.79 Å². The van der Waals surface area contributed by atoms with Crippen LogP contribution >= 0.6 is 11.6 Å². The number of ether oxygens (including phenoxy) is 2. The van der Waals surface area contributed by atoms with Crippen LogP contribution in [0.2, 0.25) is 5.02 Å². The molecule has 1 heterocycles. The number of dihydropyridines is 1. The molecular formula is C29H30ClNO4. The maximum absolute atomic E-state index is 13.7. The number of hydrogen-bond donors (Lipinski definition) is 1. The monoisotopic (exact) mass is 491 g/mol. The van der Waals surface area contributed by atoms with Crippen molar-refractivity contribution in [1.82, 2.24) is 5.32 Å². The number of methoxy groups -OCH3 is 1. The molecule has 2 aromatic carbocycles. The summed E-state index contributed by atoms with van der Waals surface area (Å²) in [5.41, 5.74) is 4.66. The molecule has 3 aliphatic rings. The molecule has 1 aliphatic heterocycles. The largest absolute Gasteiger partial charge is 0.496 e. The van der Waals surface area contributed by atoms with Crippen LogP contribution in [0.3, 0.4) is 0 Å². The highest BCUT2D eigenvalue weighted by Gasteiger charge is 2.42. The van der Waals surface area contributed by atoms with E-state index in [4.69, 9.17) is 21.1 Å². The number of Topliss-reactive ketones (excluding diaryl/α,β-unsaturated/α-hetero) is 1. The lowest BCUT2D eigenvalue weighted by Crippen LogP contribution is -2.36. The van der Waals surface area contributed by atoms with Crippen LogP contribution in [0, 0.1) is 0 Å². The van der Waals surface area contributed by atoms with Gasteiger partial charge < -0.3 is 14.8 Å². The molecule has 35 heavy (non-hydrogen) atoms. The van der Waals surface area contributed by atoms with Gasteiger partial charge in [0.05, 0.1) is 12.7 Å². The van der Waals surface area contributed by atoms with E-state index in [1.165, 1.54) is 0 Å². The van der Waals surface area contributed by atoms with Gasteiger partial charge in [-0.3, -0.25) is 4.79 Å². The highest BCUT2D eigenvalue weighted by atomic mass is 35.5. The third-order valence-corrected chi connectivity index (χ3v) is 7.66. The van der Waals surface area contributed by atoms with Crippen LogP contribution in [-0.2, 0) is 14.3 Å². The third kappa shape index (κ3) is 4.62. The first-order valence-corrected chi connectivity index (χ1v) is 12.7. The number of benzene rings is 2. The average Bonchev–Trinajstić information content (AvgIpc) is 3.36. The number of nitrogens with one attached hydrogen (secondary N) is 1. The SMILES string of the molecule is COc1ccccc1C1CC(=O)C2=C(C1)NC(C)=C(C(=O)OC1CCCC1)C2c1ccc(Cl)cc1. The molecule has 1 saturated carbocycles. The van der Waals surface area contributed by atoms with E-state index < -0.39 is 5.92 Å². The van der Waals surface area contributed by atoms with Crippen molar-refractivity contribution in [3.63, 3.8) is 0 Å². The third-order valence-electron chi connectivity index (χ3n) is 7.41. The second-order valence-corrected chi connectivity index (χ2v) is 10.1. The van der Waals surface area contributed by atoms with Crippen molar-refractivity contribution in [3.05, 3.63) is 87.2 Å². The number of rotatable bonds is 5. The average molecular weight is 492 g/mol. The Labute approximate surface area is 211 Å². The van der Waals surface area contributed by atoms with E-state index in [1.54, 1.807) is 19.2 Å². The molecule has 2 aliphatic carbocycles. The minimum Gasteiger partial charge on any atom is -0.496 e. The lowest BCUT2D eigenvalue weighted by molar-refractivity contribution is -0.144. The number of allylic oxidation sites excluding steroid dienone is 3. The second-order valence-electron chi connectivity index (χ2n) is 9.62. The number of hydrogen-bond acceptors (Lipinski definition) is 5. The zero-order valence-electron chi connectivity index (χ0n) is 20.1. The summed E-state index contributed by atoms with van der Waals surface area (Å²) >= 11 is 6.17. The minimum absolute atomic E-state index is 0.00411. The summed E-state index contributed by atoms with van der Waals surface area (Å²) < 4.78 is 11.5. The Kier molecular flexibility index (Phi) is 6.70. The zero-order valence-corrected chi connectivity index (χ0v) is 20.9. The fourth-order valence-electron chi connectivity index (χ4n) is 5.74. The number of esters is 1. The Morgan fingerprint density at radius 1 is 1.03 bits per heavy atom. The van der Waals surface area contributed by atoms with E-state index in [1.807, 2.05) is 43.3 Å². The van der Waals surface area contributed by atoms with Crippen molar-refractivity contribution in [3.8, 4) is 5.75 Å². The topological polar surface area (TPSA) is 64.6 Å². The number of halogens is 1. The molecule has 182 valence electrons. The zero-order chi connectivity index (χ0) is 24.5. The van der Waals surface area contributed by atoms with Gasteiger partial charge in [0, 0.05) is 40.2 Å². The summed E-state index contributed by atoms with van der Waals surface area (Å²) in [6.45, 7) is 1.90. The van der Waals surface area contributed by atoms with Crippen LogP contribution in [-0.4, -0.2) is 25.0 Å². The number of carbonyl (C=O) groups excluding carboxylic acids is 2. The Morgan fingerprint density at radius 2 is 1.74 bits per heavy atom. The molecule has 0 radical (unpaired) electrons. The first-order chi connectivity index (χ1) is 17.0. The Bertz CT molecular complexity index is 1210. The van der Waals surface area contributed by atoms with Gasteiger partial charge in [-0.05, 0) is 68.4 Å². The van der Waals surface area contributed by atoms with Crippen molar-refractivity contribution < 1.29 is 19.1 Å². The normalized spacial score (nSPS) is 22.7.